The number of anilines is 2. The average molecular weight is 251 g/mol. The Balaban J connectivity index is 2.52. The van der Waals surface area contributed by atoms with Gasteiger partial charge in [-0.05, 0) is 20.8 Å². The zero-order chi connectivity index (χ0) is 13.4. The van der Waals surface area contributed by atoms with Crippen LogP contribution in [0.5, 0.6) is 0 Å². The van der Waals surface area contributed by atoms with Gasteiger partial charge in [-0.3, -0.25) is 4.79 Å². The molecule has 0 radical (unpaired) electrons. The molecule has 6 nitrogen and oxygen atoms in total. The average Bonchev–Trinajstić information content (AvgIpc) is 2.39. The van der Waals surface area contributed by atoms with Crippen LogP contribution in [0.15, 0.2) is 12.4 Å². The van der Waals surface area contributed by atoms with E-state index in [9.17, 15) is 4.79 Å². The van der Waals surface area contributed by atoms with Crippen LogP contribution < -0.4 is 10.6 Å². The van der Waals surface area contributed by atoms with Crippen molar-refractivity contribution in [2.75, 3.05) is 36.8 Å². The number of nitrogens with zero attached hydrogens (tertiary/aromatic N) is 3. The molecule has 0 spiro atoms. The summed E-state index contributed by atoms with van der Waals surface area (Å²) in [6.45, 7) is 8.44. The number of amides is 1. The molecule has 6 heteroatoms. The first-order chi connectivity index (χ1) is 8.71. The number of nitrogens with one attached hydrogen (secondary N) is 2. The monoisotopic (exact) mass is 251 g/mol. The highest BCUT2D eigenvalue weighted by molar-refractivity contribution is 5.80. The molecule has 0 aliphatic carbocycles. The van der Waals surface area contributed by atoms with Gasteiger partial charge in [0.05, 0.1) is 6.54 Å². The Morgan fingerprint density at radius 1 is 1.17 bits per heavy atom. The minimum Gasteiger partial charge on any atom is -0.370 e. The minimum absolute atomic E-state index is 0.0728. The molecule has 0 aliphatic rings. The van der Waals surface area contributed by atoms with Gasteiger partial charge in [-0.2, -0.15) is 0 Å². The van der Waals surface area contributed by atoms with Crippen molar-refractivity contribution in [1.82, 2.24) is 14.9 Å². The smallest absolute Gasteiger partial charge is 0.241 e. The Hall–Kier alpha value is -1.85. The van der Waals surface area contributed by atoms with Crippen LogP contribution in [0, 0.1) is 0 Å². The second-order valence-corrected chi connectivity index (χ2v) is 3.74. The normalized spacial score (nSPS) is 9.94. The molecule has 1 aromatic heterocycles. The SMILES string of the molecule is CCNc1cc(NCC(=O)N(CC)CC)ncn1. The molecule has 1 rings (SSSR count). The molecular weight excluding hydrogens is 230 g/mol. The van der Waals surface area contributed by atoms with Gasteiger partial charge >= 0.3 is 0 Å². The quantitative estimate of drug-likeness (QED) is 0.761. The van der Waals surface area contributed by atoms with E-state index in [-0.39, 0.29) is 12.5 Å². The van der Waals surface area contributed by atoms with Gasteiger partial charge in [0.25, 0.3) is 0 Å². The maximum atomic E-state index is 11.8. The summed E-state index contributed by atoms with van der Waals surface area (Å²) >= 11 is 0. The van der Waals surface area contributed by atoms with E-state index in [1.807, 2.05) is 20.8 Å². The number of hydrogen-bond donors (Lipinski definition) is 2. The van der Waals surface area contributed by atoms with Crippen LogP contribution in [0.4, 0.5) is 11.6 Å². The maximum Gasteiger partial charge on any atom is 0.241 e. The van der Waals surface area contributed by atoms with Gasteiger partial charge in [-0.25, -0.2) is 9.97 Å². The predicted octanol–water partition coefficient (Wildman–Crippen LogP) is 1.19. The first kappa shape index (κ1) is 14.2. The predicted molar refractivity (Wildman–Crippen MR) is 72.6 cm³/mol. The Labute approximate surface area is 108 Å². The Bertz CT molecular complexity index is 378. The molecular formula is C12H21N5O. The molecule has 0 atom stereocenters. The fraction of sp³-hybridized carbons (Fsp3) is 0.583. The molecule has 1 heterocycles. The van der Waals surface area contributed by atoms with Crippen LogP contribution in [0.25, 0.3) is 0 Å². The maximum absolute atomic E-state index is 11.8. The third-order valence-electron chi connectivity index (χ3n) is 2.56. The zero-order valence-electron chi connectivity index (χ0n) is 11.2. The van der Waals surface area contributed by atoms with Gasteiger partial charge in [0.1, 0.15) is 18.0 Å². The highest BCUT2D eigenvalue weighted by Crippen LogP contribution is 2.07. The van der Waals surface area contributed by atoms with E-state index in [2.05, 4.69) is 20.6 Å². The molecule has 0 aromatic carbocycles. The van der Waals surface area contributed by atoms with Crippen LogP contribution in [0.2, 0.25) is 0 Å². The fourth-order valence-electron chi connectivity index (χ4n) is 1.59. The van der Waals surface area contributed by atoms with Crippen LogP contribution in [0.1, 0.15) is 20.8 Å². The van der Waals surface area contributed by atoms with Gasteiger partial charge < -0.3 is 15.5 Å². The van der Waals surface area contributed by atoms with Gasteiger partial charge in [0.15, 0.2) is 0 Å². The summed E-state index contributed by atoms with van der Waals surface area (Å²) in [6, 6.07) is 1.79. The first-order valence-electron chi connectivity index (χ1n) is 6.28. The summed E-state index contributed by atoms with van der Waals surface area (Å²) in [5, 5.41) is 6.10. The fourth-order valence-corrected chi connectivity index (χ4v) is 1.59. The summed E-state index contributed by atoms with van der Waals surface area (Å²) in [4.78, 5) is 21.7. The molecule has 0 bridgehead atoms. The number of carbonyl (C=O) groups excluding carboxylic acids is 1. The van der Waals surface area contributed by atoms with Crippen molar-refractivity contribution in [2.24, 2.45) is 0 Å². The van der Waals surface area contributed by atoms with Gasteiger partial charge in [-0.15, -0.1) is 0 Å². The van der Waals surface area contributed by atoms with Gasteiger partial charge in [-0.1, -0.05) is 0 Å². The number of carbonyl (C=O) groups is 1. The van der Waals surface area contributed by atoms with Crippen molar-refractivity contribution in [2.45, 2.75) is 20.8 Å². The summed E-state index contributed by atoms with van der Waals surface area (Å²) in [6.07, 6.45) is 1.47. The van der Waals surface area contributed by atoms with Crippen LogP contribution in [-0.2, 0) is 4.79 Å². The summed E-state index contributed by atoms with van der Waals surface area (Å²) < 4.78 is 0. The number of hydrogen-bond acceptors (Lipinski definition) is 5. The van der Waals surface area contributed by atoms with E-state index in [1.54, 1.807) is 11.0 Å². The molecule has 0 saturated carbocycles. The van der Waals surface area contributed by atoms with Crippen molar-refractivity contribution in [3.05, 3.63) is 12.4 Å². The van der Waals surface area contributed by atoms with Crippen LogP contribution in [-0.4, -0.2) is 47.0 Å². The lowest BCUT2D eigenvalue weighted by Gasteiger charge is -2.18. The molecule has 100 valence electrons. The van der Waals surface area contributed by atoms with E-state index >= 15 is 0 Å². The van der Waals surface area contributed by atoms with Crippen molar-refractivity contribution in [3.8, 4) is 0 Å². The molecule has 0 fully saturated rings. The third kappa shape index (κ3) is 4.20. The molecule has 1 aromatic rings. The lowest BCUT2D eigenvalue weighted by molar-refractivity contribution is -0.128. The van der Waals surface area contributed by atoms with Crippen LogP contribution >= 0.6 is 0 Å². The van der Waals surface area contributed by atoms with E-state index in [0.29, 0.717) is 5.82 Å². The minimum atomic E-state index is 0.0728. The van der Waals surface area contributed by atoms with Gasteiger partial charge in [0.2, 0.25) is 5.91 Å². The summed E-state index contributed by atoms with van der Waals surface area (Å²) in [5.74, 6) is 1.48. The Morgan fingerprint density at radius 3 is 2.33 bits per heavy atom. The topological polar surface area (TPSA) is 70.2 Å². The van der Waals surface area contributed by atoms with Gasteiger partial charge in [0, 0.05) is 25.7 Å². The van der Waals surface area contributed by atoms with E-state index in [0.717, 1.165) is 25.5 Å². The second kappa shape index (κ2) is 7.47. The molecule has 0 unspecified atom stereocenters. The van der Waals surface area contributed by atoms with E-state index in [4.69, 9.17) is 0 Å². The van der Waals surface area contributed by atoms with E-state index in [1.165, 1.54) is 6.33 Å². The van der Waals surface area contributed by atoms with Crippen LogP contribution in [0.3, 0.4) is 0 Å². The molecule has 18 heavy (non-hydrogen) atoms. The van der Waals surface area contributed by atoms with Crippen molar-refractivity contribution < 1.29 is 4.79 Å². The highest BCUT2D eigenvalue weighted by atomic mass is 16.2. The summed E-state index contributed by atoms with van der Waals surface area (Å²) in [7, 11) is 0. The van der Waals surface area contributed by atoms with Crippen molar-refractivity contribution in [1.29, 1.82) is 0 Å². The zero-order valence-corrected chi connectivity index (χ0v) is 11.2. The molecule has 2 N–H and O–H groups in total. The standard InChI is InChI=1S/C12H21N5O/c1-4-13-10-7-11(16-9-15-10)14-8-12(18)17(5-2)6-3/h7,9H,4-6,8H2,1-3H3,(H2,13,14,15,16). The second-order valence-electron chi connectivity index (χ2n) is 3.74. The number of aromatic nitrogens is 2. The Kier molecular flexibility index (Phi) is 5.90. The largest absolute Gasteiger partial charge is 0.370 e. The lowest BCUT2D eigenvalue weighted by atomic mass is 10.4. The lowest BCUT2D eigenvalue weighted by Crippen LogP contribution is -2.35. The first-order valence-corrected chi connectivity index (χ1v) is 6.28. The number of rotatable bonds is 7. The molecule has 0 saturated heterocycles. The van der Waals surface area contributed by atoms with E-state index < -0.39 is 0 Å². The summed E-state index contributed by atoms with van der Waals surface area (Å²) in [5.41, 5.74) is 0. The molecule has 0 aliphatic heterocycles. The number of likely N-dealkylation sites (N-methyl/N-ethyl adjacent to an activating group) is 1. The van der Waals surface area contributed by atoms with Crippen molar-refractivity contribution in [3.63, 3.8) is 0 Å². The van der Waals surface area contributed by atoms with Crippen molar-refractivity contribution >= 4 is 17.5 Å². The highest BCUT2D eigenvalue weighted by Gasteiger charge is 2.09. The third-order valence-corrected chi connectivity index (χ3v) is 2.56. The Morgan fingerprint density at radius 2 is 1.78 bits per heavy atom. The molecule has 1 amide bonds.